The first-order valence-electron chi connectivity index (χ1n) is 17.1. The largest absolute Gasteiger partial charge is 0.456 e. The molecule has 4 heteroatoms. The van der Waals surface area contributed by atoms with Crippen LogP contribution in [-0.4, -0.2) is 10.3 Å². The van der Waals surface area contributed by atoms with E-state index in [2.05, 4.69) is 168 Å². The molecule has 8 aromatic carbocycles. The van der Waals surface area contributed by atoms with Gasteiger partial charge >= 0.3 is 0 Å². The molecule has 234 valence electrons. The SMILES string of the molecule is c1ccc(C2Nc3ccccc3N=C2c2ccc(-n3c4cc5oc6ccc7ccccc7c6c5cc4c4c5ccccc5ccc43)cc2)cc1. The molecule has 1 atom stereocenters. The Labute approximate surface area is 287 Å². The second kappa shape index (κ2) is 10.4. The van der Waals surface area contributed by atoms with Crippen LogP contribution in [0.2, 0.25) is 0 Å². The lowest BCUT2D eigenvalue weighted by Crippen LogP contribution is -2.24. The number of para-hydroxylation sites is 2. The minimum absolute atomic E-state index is 0.0611. The molecule has 3 heterocycles. The summed E-state index contributed by atoms with van der Waals surface area (Å²) in [5, 5.41) is 13.4. The Bertz CT molecular complexity index is 3000. The molecule has 0 fully saturated rings. The van der Waals surface area contributed by atoms with Crippen LogP contribution in [0.1, 0.15) is 17.2 Å². The molecule has 0 bridgehead atoms. The lowest BCUT2D eigenvalue weighted by molar-refractivity contribution is 0.669. The van der Waals surface area contributed by atoms with Crippen molar-refractivity contribution in [2.45, 2.75) is 6.04 Å². The topological polar surface area (TPSA) is 42.5 Å². The molecule has 0 spiro atoms. The molecule has 4 nitrogen and oxygen atoms in total. The second-order valence-corrected chi connectivity index (χ2v) is 13.2. The normalized spacial score (nSPS) is 14.5. The summed E-state index contributed by atoms with van der Waals surface area (Å²) in [4.78, 5) is 5.21. The number of nitrogens with one attached hydrogen (secondary N) is 1. The molecule has 10 aromatic rings. The van der Waals surface area contributed by atoms with E-state index in [0.29, 0.717) is 0 Å². The first-order valence-corrected chi connectivity index (χ1v) is 17.1. The summed E-state index contributed by atoms with van der Waals surface area (Å²) in [5.74, 6) is 0. The van der Waals surface area contributed by atoms with Crippen LogP contribution in [-0.2, 0) is 0 Å². The summed E-state index contributed by atoms with van der Waals surface area (Å²) in [6, 6.07) is 58.3. The number of hydrogen-bond donors (Lipinski definition) is 1. The van der Waals surface area contributed by atoms with Gasteiger partial charge < -0.3 is 14.3 Å². The molecule has 1 aliphatic heterocycles. The van der Waals surface area contributed by atoms with E-state index in [1.807, 2.05) is 6.07 Å². The van der Waals surface area contributed by atoms with E-state index >= 15 is 0 Å². The summed E-state index contributed by atoms with van der Waals surface area (Å²) in [6.45, 7) is 0. The zero-order valence-corrected chi connectivity index (χ0v) is 27.0. The minimum Gasteiger partial charge on any atom is -0.456 e. The van der Waals surface area contributed by atoms with Crippen molar-refractivity contribution in [1.82, 2.24) is 4.57 Å². The third-order valence-corrected chi connectivity index (χ3v) is 10.4. The Balaban J connectivity index is 1.14. The number of anilines is 1. The summed E-state index contributed by atoms with van der Waals surface area (Å²) in [6.07, 6.45) is 0. The Morgan fingerprint density at radius 3 is 2.04 bits per heavy atom. The fourth-order valence-corrected chi connectivity index (χ4v) is 8.11. The van der Waals surface area contributed by atoms with E-state index in [-0.39, 0.29) is 6.04 Å². The molecule has 2 aromatic heterocycles. The first-order chi connectivity index (χ1) is 24.8. The monoisotopic (exact) mass is 639 g/mol. The zero-order chi connectivity index (χ0) is 32.8. The fraction of sp³-hybridized carbons (Fsp3) is 0.0217. The highest BCUT2D eigenvalue weighted by molar-refractivity contribution is 6.27. The average molecular weight is 640 g/mol. The molecule has 0 saturated heterocycles. The highest BCUT2D eigenvalue weighted by Crippen LogP contribution is 2.43. The third-order valence-electron chi connectivity index (χ3n) is 10.4. The molecule has 0 radical (unpaired) electrons. The van der Waals surface area contributed by atoms with Crippen LogP contribution < -0.4 is 5.32 Å². The van der Waals surface area contributed by atoms with Gasteiger partial charge in [-0.05, 0) is 75.1 Å². The summed E-state index contributed by atoms with van der Waals surface area (Å²) in [5.41, 5.74) is 10.4. The van der Waals surface area contributed by atoms with Gasteiger partial charge in [-0.1, -0.05) is 115 Å². The quantitative estimate of drug-likeness (QED) is 0.209. The van der Waals surface area contributed by atoms with E-state index < -0.39 is 0 Å². The van der Waals surface area contributed by atoms with Gasteiger partial charge in [-0.2, -0.15) is 0 Å². The number of furan rings is 1. The van der Waals surface area contributed by atoms with Crippen molar-refractivity contribution < 1.29 is 4.42 Å². The molecule has 1 unspecified atom stereocenters. The third kappa shape index (κ3) is 3.96. The molecule has 0 amide bonds. The van der Waals surface area contributed by atoms with Gasteiger partial charge in [-0.15, -0.1) is 0 Å². The van der Waals surface area contributed by atoms with Crippen LogP contribution in [0, 0.1) is 0 Å². The van der Waals surface area contributed by atoms with E-state index in [1.54, 1.807) is 0 Å². The van der Waals surface area contributed by atoms with Crippen molar-refractivity contribution in [2.24, 2.45) is 4.99 Å². The average Bonchev–Trinajstić information content (AvgIpc) is 3.72. The van der Waals surface area contributed by atoms with E-state index in [0.717, 1.165) is 50.4 Å². The van der Waals surface area contributed by atoms with Crippen LogP contribution >= 0.6 is 0 Å². The van der Waals surface area contributed by atoms with Gasteiger partial charge in [0.1, 0.15) is 11.2 Å². The van der Waals surface area contributed by atoms with Gasteiger partial charge in [0.15, 0.2) is 0 Å². The van der Waals surface area contributed by atoms with Crippen LogP contribution in [0.25, 0.3) is 71.0 Å². The maximum absolute atomic E-state index is 6.59. The summed E-state index contributed by atoms with van der Waals surface area (Å²) >= 11 is 0. The maximum atomic E-state index is 6.59. The molecule has 0 aliphatic carbocycles. The van der Waals surface area contributed by atoms with Crippen LogP contribution in [0.4, 0.5) is 11.4 Å². The van der Waals surface area contributed by atoms with Crippen molar-refractivity contribution in [3.05, 3.63) is 175 Å². The predicted molar refractivity (Wildman–Crippen MR) is 209 cm³/mol. The summed E-state index contributed by atoms with van der Waals surface area (Å²) < 4.78 is 8.97. The Morgan fingerprint density at radius 1 is 0.520 bits per heavy atom. The van der Waals surface area contributed by atoms with Crippen molar-refractivity contribution in [1.29, 1.82) is 0 Å². The van der Waals surface area contributed by atoms with Crippen LogP contribution in [0.15, 0.2) is 173 Å². The molecule has 1 aliphatic rings. The molecule has 1 N–H and O–H groups in total. The highest BCUT2D eigenvalue weighted by atomic mass is 16.3. The van der Waals surface area contributed by atoms with Crippen molar-refractivity contribution in [3.8, 4) is 5.69 Å². The van der Waals surface area contributed by atoms with Gasteiger partial charge in [0.05, 0.1) is 34.2 Å². The standard InChI is InChI=1S/C46H29N3O/c1-2-12-30(13-3-1)45-46(48-38-17-9-8-16-37(38)47-45)31-18-22-32(23-19-31)49-39-24-20-28-10-4-6-14-33(28)43(39)35-26-36-42(27-40(35)49)50-41-25-21-29-11-5-7-15-34(29)44(36)41/h1-27,45,47H. The number of hydrogen-bond acceptors (Lipinski definition) is 3. The van der Waals surface area contributed by atoms with Gasteiger partial charge in [0, 0.05) is 33.3 Å². The van der Waals surface area contributed by atoms with Gasteiger partial charge in [0.25, 0.3) is 0 Å². The number of aromatic nitrogens is 1. The molecular formula is C46H29N3O. The second-order valence-electron chi connectivity index (χ2n) is 13.2. The van der Waals surface area contributed by atoms with Crippen LogP contribution in [0.3, 0.4) is 0 Å². The molecule has 50 heavy (non-hydrogen) atoms. The van der Waals surface area contributed by atoms with Gasteiger partial charge in [-0.25, -0.2) is 4.99 Å². The summed E-state index contributed by atoms with van der Waals surface area (Å²) in [7, 11) is 0. The highest BCUT2D eigenvalue weighted by Gasteiger charge is 2.26. The number of fused-ring (bicyclic) bond motifs is 11. The first kappa shape index (κ1) is 27.3. The van der Waals surface area contributed by atoms with E-state index in [1.165, 1.54) is 48.8 Å². The zero-order valence-electron chi connectivity index (χ0n) is 27.0. The lowest BCUT2D eigenvalue weighted by Gasteiger charge is -2.28. The van der Waals surface area contributed by atoms with Crippen molar-refractivity contribution in [2.75, 3.05) is 5.32 Å². The maximum Gasteiger partial charge on any atom is 0.137 e. The van der Waals surface area contributed by atoms with Crippen molar-refractivity contribution in [3.63, 3.8) is 0 Å². The molecular weight excluding hydrogens is 611 g/mol. The van der Waals surface area contributed by atoms with Crippen molar-refractivity contribution >= 4 is 82.4 Å². The number of aliphatic imine (C=N–C) groups is 1. The Hall–Kier alpha value is -6.65. The van der Waals surface area contributed by atoms with Crippen LogP contribution in [0.5, 0.6) is 0 Å². The Morgan fingerprint density at radius 2 is 1.22 bits per heavy atom. The van der Waals surface area contributed by atoms with Gasteiger partial charge in [-0.3, -0.25) is 0 Å². The number of rotatable bonds is 3. The number of nitrogens with zero attached hydrogens (tertiary/aromatic N) is 2. The van der Waals surface area contributed by atoms with E-state index in [9.17, 15) is 0 Å². The smallest absolute Gasteiger partial charge is 0.137 e. The minimum atomic E-state index is -0.0611. The Kier molecular flexibility index (Phi) is 5.69. The van der Waals surface area contributed by atoms with E-state index in [4.69, 9.17) is 9.41 Å². The predicted octanol–water partition coefficient (Wildman–Crippen LogP) is 12.3. The van der Waals surface area contributed by atoms with Gasteiger partial charge in [0.2, 0.25) is 0 Å². The number of benzene rings is 8. The molecule has 0 saturated carbocycles. The molecule has 11 rings (SSSR count). The fourth-order valence-electron chi connectivity index (χ4n) is 8.11. The lowest BCUT2D eigenvalue weighted by atomic mass is 9.94.